The van der Waals surface area contributed by atoms with Crippen LogP contribution < -0.4 is 0 Å². The molecule has 108 valence electrons. The normalized spacial score (nSPS) is 10.5. The molecule has 0 N–H and O–H groups in total. The molecule has 0 spiro atoms. The Hall–Kier alpha value is -2.56. The number of hydrogen-bond donors (Lipinski definition) is 0. The summed E-state index contributed by atoms with van der Waals surface area (Å²) in [7, 11) is 0. The minimum Gasteiger partial charge on any atom is -0.223 e. The third-order valence-corrected chi connectivity index (χ3v) is 2.65. The van der Waals surface area contributed by atoms with E-state index in [9.17, 15) is 26.3 Å². The number of hydrogen-bond acceptors (Lipinski definition) is 2. The van der Waals surface area contributed by atoms with Crippen molar-refractivity contribution in [2.45, 2.75) is 6.42 Å². The lowest BCUT2D eigenvalue weighted by molar-refractivity contribution is 0.380. The summed E-state index contributed by atoms with van der Waals surface area (Å²) in [5.74, 6) is -12.4. The number of halogens is 6. The molecule has 0 amide bonds. The second-order valence-corrected chi connectivity index (χ2v) is 3.92. The van der Waals surface area contributed by atoms with Crippen molar-refractivity contribution in [3.63, 3.8) is 0 Å². The van der Waals surface area contributed by atoms with E-state index in [1.807, 2.05) is 0 Å². The lowest BCUT2D eigenvalue weighted by Gasteiger charge is -2.09. The van der Waals surface area contributed by atoms with Crippen LogP contribution in [0.3, 0.4) is 0 Å². The van der Waals surface area contributed by atoms with E-state index in [1.54, 1.807) is 6.07 Å². The quantitative estimate of drug-likeness (QED) is 0.367. The second-order valence-electron chi connectivity index (χ2n) is 3.92. The molecule has 0 saturated carbocycles. The molecule has 0 aliphatic heterocycles. The van der Waals surface area contributed by atoms with Crippen molar-refractivity contribution < 1.29 is 26.3 Å². The Balaban J connectivity index is 2.71. The molecule has 0 saturated heterocycles. The molecule has 0 radical (unpaired) electrons. The maximum absolute atomic E-state index is 13.7. The molecule has 0 fully saturated rings. The number of benzene rings is 1. The first-order valence-electron chi connectivity index (χ1n) is 5.42. The topological polar surface area (TPSA) is 36.7 Å². The average molecular weight is 302 g/mol. The molecule has 21 heavy (non-hydrogen) atoms. The van der Waals surface area contributed by atoms with E-state index in [-0.39, 0.29) is 12.1 Å². The van der Waals surface area contributed by atoms with E-state index in [0.717, 1.165) is 12.1 Å². The summed E-state index contributed by atoms with van der Waals surface area (Å²) in [5.41, 5.74) is -2.33. The predicted octanol–water partition coefficient (Wildman–Crippen LogP) is 3.65. The van der Waals surface area contributed by atoms with Crippen LogP contribution in [0.25, 0.3) is 11.1 Å². The molecule has 0 aliphatic rings. The summed E-state index contributed by atoms with van der Waals surface area (Å²) in [6.45, 7) is 0. The van der Waals surface area contributed by atoms with Crippen molar-refractivity contribution >= 4 is 0 Å². The van der Waals surface area contributed by atoms with Gasteiger partial charge in [0.05, 0.1) is 23.7 Å². The van der Waals surface area contributed by atoms with Gasteiger partial charge in [-0.1, -0.05) is 0 Å². The van der Waals surface area contributed by atoms with Crippen molar-refractivity contribution in [3.05, 3.63) is 52.9 Å². The van der Waals surface area contributed by atoms with Gasteiger partial charge in [0.1, 0.15) is 0 Å². The Kier molecular flexibility index (Phi) is 3.84. The second kappa shape index (κ2) is 5.44. The summed E-state index contributed by atoms with van der Waals surface area (Å²) in [5, 5.41) is 8.42. The van der Waals surface area contributed by atoms with Crippen LogP contribution in [-0.2, 0) is 6.42 Å². The lowest BCUT2D eigenvalue weighted by Crippen LogP contribution is -2.06. The molecule has 2 nitrogen and oxygen atoms in total. The first kappa shape index (κ1) is 14.8. The third-order valence-electron chi connectivity index (χ3n) is 2.65. The van der Waals surface area contributed by atoms with Gasteiger partial charge in [-0.25, -0.2) is 26.9 Å². The number of aromatic nitrogens is 1. The molecule has 1 aromatic carbocycles. The van der Waals surface area contributed by atoms with Crippen LogP contribution in [0.1, 0.15) is 5.69 Å². The Morgan fingerprint density at radius 1 is 0.857 bits per heavy atom. The molecule has 0 atom stereocenters. The molecule has 0 bridgehead atoms. The molecular formula is C13H4F6N2. The van der Waals surface area contributed by atoms with E-state index in [1.165, 1.54) is 0 Å². The van der Waals surface area contributed by atoms with E-state index in [2.05, 4.69) is 4.98 Å². The molecule has 2 rings (SSSR count). The fourth-order valence-electron chi connectivity index (χ4n) is 1.68. The van der Waals surface area contributed by atoms with E-state index < -0.39 is 46.2 Å². The van der Waals surface area contributed by atoms with Gasteiger partial charge < -0.3 is 0 Å². The van der Waals surface area contributed by atoms with Gasteiger partial charge in [0.25, 0.3) is 0 Å². The Bertz CT molecular complexity index is 737. The van der Waals surface area contributed by atoms with Crippen LogP contribution in [-0.4, -0.2) is 4.98 Å². The number of rotatable bonds is 2. The summed E-state index contributed by atoms with van der Waals surface area (Å²) in [6.07, 6.45) is -0.270. The maximum atomic E-state index is 13.7. The zero-order chi connectivity index (χ0) is 15.7. The van der Waals surface area contributed by atoms with Crippen molar-refractivity contribution in [1.82, 2.24) is 4.98 Å². The van der Waals surface area contributed by atoms with Crippen LogP contribution in [0.5, 0.6) is 0 Å². The van der Waals surface area contributed by atoms with Crippen molar-refractivity contribution in [1.29, 1.82) is 5.26 Å². The van der Waals surface area contributed by atoms with Crippen LogP contribution in [0.15, 0.2) is 12.1 Å². The SMILES string of the molecule is N#CCc1ccc(-c2c(F)c(F)c(F)c(F)c2F)c(F)n1. The first-order valence-corrected chi connectivity index (χ1v) is 5.42. The van der Waals surface area contributed by atoms with Gasteiger partial charge in [0, 0.05) is 5.56 Å². The Morgan fingerprint density at radius 2 is 1.38 bits per heavy atom. The Morgan fingerprint density at radius 3 is 1.86 bits per heavy atom. The number of nitriles is 1. The molecule has 0 aliphatic carbocycles. The monoisotopic (exact) mass is 302 g/mol. The molecule has 1 aromatic heterocycles. The standard InChI is InChI=1S/C13H4F6N2/c14-8-7(9(15)11(17)12(18)10(8)16)6-2-1-5(3-4-20)21-13(6)19/h1-2H,3H2. The highest BCUT2D eigenvalue weighted by atomic mass is 19.2. The van der Waals surface area contributed by atoms with Crippen LogP contribution >= 0.6 is 0 Å². The number of nitrogens with zero attached hydrogens (tertiary/aromatic N) is 2. The highest BCUT2D eigenvalue weighted by Gasteiger charge is 2.28. The predicted molar refractivity (Wildman–Crippen MR) is 58.7 cm³/mol. The molecule has 1 heterocycles. The largest absolute Gasteiger partial charge is 0.223 e. The number of pyridine rings is 1. The smallest absolute Gasteiger partial charge is 0.221 e. The van der Waals surface area contributed by atoms with Gasteiger partial charge >= 0.3 is 0 Å². The summed E-state index contributed by atoms with van der Waals surface area (Å²) in [6, 6.07) is 3.53. The molecule has 0 unspecified atom stereocenters. The Labute approximate surface area is 114 Å². The fraction of sp³-hybridized carbons (Fsp3) is 0.0769. The summed E-state index contributed by atoms with van der Waals surface area (Å²) >= 11 is 0. The zero-order valence-corrected chi connectivity index (χ0v) is 10.0. The van der Waals surface area contributed by atoms with Gasteiger partial charge in [-0.15, -0.1) is 0 Å². The van der Waals surface area contributed by atoms with Crippen LogP contribution in [0.2, 0.25) is 0 Å². The third kappa shape index (κ3) is 2.42. The highest BCUT2D eigenvalue weighted by Crippen LogP contribution is 2.32. The first-order chi connectivity index (χ1) is 9.88. The van der Waals surface area contributed by atoms with Gasteiger partial charge in [-0.05, 0) is 12.1 Å². The van der Waals surface area contributed by atoms with Crippen LogP contribution in [0, 0.1) is 46.4 Å². The van der Waals surface area contributed by atoms with E-state index >= 15 is 0 Å². The average Bonchev–Trinajstić information content (AvgIpc) is 2.46. The fourth-order valence-corrected chi connectivity index (χ4v) is 1.68. The van der Waals surface area contributed by atoms with E-state index in [4.69, 9.17) is 5.26 Å². The van der Waals surface area contributed by atoms with Crippen molar-refractivity contribution in [2.75, 3.05) is 0 Å². The summed E-state index contributed by atoms with van der Waals surface area (Å²) in [4.78, 5) is 3.24. The van der Waals surface area contributed by atoms with E-state index in [0.29, 0.717) is 0 Å². The molecule has 2 aromatic rings. The minimum atomic E-state index is -2.33. The molecular weight excluding hydrogens is 298 g/mol. The van der Waals surface area contributed by atoms with Crippen molar-refractivity contribution in [3.8, 4) is 17.2 Å². The van der Waals surface area contributed by atoms with Crippen LogP contribution in [0.4, 0.5) is 26.3 Å². The molecule has 8 heteroatoms. The minimum absolute atomic E-state index is 0.0392. The van der Waals surface area contributed by atoms with Crippen molar-refractivity contribution in [2.24, 2.45) is 0 Å². The van der Waals surface area contributed by atoms with Gasteiger partial charge in [-0.2, -0.15) is 9.65 Å². The zero-order valence-electron chi connectivity index (χ0n) is 10.0. The summed E-state index contributed by atoms with van der Waals surface area (Å²) < 4.78 is 79.8. The lowest BCUT2D eigenvalue weighted by atomic mass is 10.0. The van der Waals surface area contributed by atoms with Gasteiger partial charge in [0.2, 0.25) is 11.8 Å². The highest BCUT2D eigenvalue weighted by molar-refractivity contribution is 5.65. The van der Waals surface area contributed by atoms with Gasteiger partial charge in [0.15, 0.2) is 23.3 Å². The van der Waals surface area contributed by atoms with Gasteiger partial charge in [-0.3, -0.25) is 0 Å². The maximum Gasteiger partial charge on any atom is 0.221 e.